The fourth-order valence-corrected chi connectivity index (χ4v) is 1.99. The average Bonchev–Trinajstić information content (AvgIpc) is 2.10. The predicted octanol–water partition coefficient (Wildman–Crippen LogP) is 1.02. The fraction of sp³-hybridized carbons (Fsp3) is 0.571. The number of nitrogens with zero attached hydrogens (tertiary/aromatic N) is 3. The van der Waals surface area contributed by atoms with Crippen LogP contribution in [0.15, 0.2) is 5.16 Å². The van der Waals surface area contributed by atoms with Gasteiger partial charge in [0.1, 0.15) is 0 Å². The Labute approximate surface area is 90.2 Å². The quantitative estimate of drug-likeness (QED) is 0.777. The summed E-state index contributed by atoms with van der Waals surface area (Å²) in [6, 6.07) is 0.243. The van der Waals surface area contributed by atoms with Crippen LogP contribution < -0.4 is 4.74 Å². The first-order valence-electron chi connectivity index (χ1n) is 3.98. The van der Waals surface area contributed by atoms with Crippen LogP contribution in [-0.4, -0.2) is 40.5 Å². The maximum absolute atomic E-state index is 5.69. The highest BCUT2D eigenvalue weighted by Crippen LogP contribution is 2.26. The van der Waals surface area contributed by atoms with Crippen molar-refractivity contribution in [1.29, 1.82) is 0 Å². The lowest BCUT2D eigenvalue weighted by Gasteiger charge is -2.24. The van der Waals surface area contributed by atoms with E-state index in [2.05, 4.69) is 15.0 Å². The SMILES string of the molecule is COc1nc(Cl)nc(SC2COC2)n1. The normalized spacial score (nSPS) is 16.4. The minimum atomic E-state index is 0.152. The number of hydrogen-bond acceptors (Lipinski definition) is 6. The topological polar surface area (TPSA) is 57.1 Å². The van der Waals surface area contributed by atoms with Crippen LogP contribution in [-0.2, 0) is 4.74 Å². The van der Waals surface area contributed by atoms with Gasteiger partial charge in [0.15, 0.2) is 5.16 Å². The first kappa shape index (κ1) is 9.95. The predicted molar refractivity (Wildman–Crippen MR) is 51.9 cm³/mol. The molecule has 1 aliphatic rings. The molecule has 76 valence electrons. The summed E-state index contributed by atoms with van der Waals surface area (Å²) in [5, 5.41) is 1.15. The number of aromatic nitrogens is 3. The Bertz CT molecular complexity index is 335. The molecule has 1 aromatic heterocycles. The largest absolute Gasteiger partial charge is 0.467 e. The summed E-state index contributed by atoms with van der Waals surface area (Å²) in [4.78, 5) is 11.8. The highest BCUT2D eigenvalue weighted by Gasteiger charge is 2.21. The van der Waals surface area contributed by atoms with Crippen molar-refractivity contribution in [2.45, 2.75) is 10.4 Å². The van der Waals surface area contributed by atoms with Crippen molar-refractivity contribution in [3.05, 3.63) is 5.28 Å². The Balaban J connectivity index is 2.11. The lowest BCUT2D eigenvalue weighted by atomic mass is 10.4. The number of thioether (sulfide) groups is 1. The molecule has 0 radical (unpaired) electrons. The molecule has 0 amide bonds. The lowest BCUT2D eigenvalue weighted by Crippen LogP contribution is -2.30. The molecular formula is C7H8ClN3O2S. The second kappa shape index (κ2) is 4.29. The van der Waals surface area contributed by atoms with Crippen LogP contribution in [0.3, 0.4) is 0 Å². The summed E-state index contributed by atoms with van der Waals surface area (Å²) < 4.78 is 9.92. The van der Waals surface area contributed by atoms with Gasteiger partial charge in [-0.25, -0.2) is 0 Å². The van der Waals surface area contributed by atoms with Crippen molar-refractivity contribution in [3.8, 4) is 6.01 Å². The van der Waals surface area contributed by atoms with E-state index in [1.807, 2.05) is 0 Å². The smallest absolute Gasteiger partial charge is 0.321 e. The van der Waals surface area contributed by atoms with E-state index in [4.69, 9.17) is 21.1 Å². The van der Waals surface area contributed by atoms with Gasteiger partial charge in [-0.1, -0.05) is 11.8 Å². The number of halogens is 1. The molecule has 0 bridgehead atoms. The van der Waals surface area contributed by atoms with Crippen LogP contribution in [0.4, 0.5) is 0 Å². The molecule has 0 spiro atoms. The van der Waals surface area contributed by atoms with Gasteiger partial charge in [0, 0.05) is 0 Å². The summed E-state index contributed by atoms with van der Waals surface area (Å²) in [7, 11) is 1.49. The average molecular weight is 234 g/mol. The van der Waals surface area contributed by atoms with Crippen molar-refractivity contribution in [2.24, 2.45) is 0 Å². The number of methoxy groups -OCH3 is 1. The number of rotatable bonds is 3. The van der Waals surface area contributed by atoms with Crippen LogP contribution in [0.1, 0.15) is 0 Å². The van der Waals surface area contributed by atoms with Gasteiger partial charge in [-0.15, -0.1) is 0 Å². The van der Waals surface area contributed by atoms with Gasteiger partial charge in [-0.2, -0.15) is 15.0 Å². The molecule has 0 saturated carbocycles. The molecular weight excluding hydrogens is 226 g/mol. The minimum absolute atomic E-state index is 0.152. The standard InChI is InChI=1S/C7H8ClN3O2S/c1-12-6-9-5(8)10-7(11-6)14-4-2-13-3-4/h4H,2-3H2,1H3. The Hall–Kier alpha value is -0.590. The molecule has 0 atom stereocenters. The molecule has 2 heterocycles. The monoisotopic (exact) mass is 233 g/mol. The molecule has 0 aromatic carbocycles. The van der Waals surface area contributed by atoms with Crippen LogP contribution in [0, 0.1) is 0 Å². The van der Waals surface area contributed by atoms with Crippen LogP contribution in [0.5, 0.6) is 6.01 Å². The highest BCUT2D eigenvalue weighted by atomic mass is 35.5. The van der Waals surface area contributed by atoms with Crippen molar-refractivity contribution < 1.29 is 9.47 Å². The Morgan fingerprint density at radius 1 is 1.43 bits per heavy atom. The number of hydrogen-bond donors (Lipinski definition) is 0. The summed E-state index contributed by atoms with van der Waals surface area (Å²) in [6.07, 6.45) is 0. The molecule has 1 aromatic rings. The Morgan fingerprint density at radius 3 is 2.79 bits per heavy atom. The van der Waals surface area contributed by atoms with E-state index in [9.17, 15) is 0 Å². The summed E-state index contributed by atoms with van der Waals surface area (Å²) in [5.74, 6) is 0. The maximum atomic E-state index is 5.69. The molecule has 1 aliphatic heterocycles. The molecule has 2 rings (SSSR count). The third kappa shape index (κ3) is 2.26. The molecule has 7 heteroatoms. The van der Waals surface area contributed by atoms with Gasteiger partial charge in [-0.3, -0.25) is 0 Å². The van der Waals surface area contributed by atoms with E-state index in [0.29, 0.717) is 10.4 Å². The molecule has 1 fully saturated rings. The zero-order valence-electron chi connectivity index (χ0n) is 7.44. The van der Waals surface area contributed by atoms with Gasteiger partial charge in [-0.05, 0) is 11.6 Å². The first-order chi connectivity index (χ1) is 6.78. The molecule has 0 unspecified atom stereocenters. The molecule has 14 heavy (non-hydrogen) atoms. The Morgan fingerprint density at radius 2 is 2.21 bits per heavy atom. The van der Waals surface area contributed by atoms with E-state index in [-0.39, 0.29) is 11.3 Å². The van der Waals surface area contributed by atoms with E-state index < -0.39 is 0 Å². The van der Waals surface area contributed by atoms with Crippen molar-refractivity contribution >= 4 is 23.4 Å². The van der Waals surface area contributed by atoms with E-state index >= 15 is 0 Å². The van der Waals surface area contributed by atoms with E-state index in [1.165, 1.54) is 18.9 Å². The van der Waals surface area contributed by atoms with Gasteiger partial charge in [0.25, 0.3) is 0 Å². The first-order valence-corrected chi connectivity index (χ1v) is 5.23. The fourth-order valence-electron chi connectivity index (χ4n) is 0.890. The highest BCUT2D eigenvalue weighted by molar-refractivity contribution is 7.99. The molecule has 0 aliphatic carbocycles. The zero-order chi connectivity index (χ0) is 9.97. The van der Waals surface area contributed by atoms with Crippen LogP contribution in [0.25, 0.3) is 0 Å². The van der Waals surface area contributed by atoms with Crippen molar-refractivity contribution in [2.75, 3.05) is 20.3 Å². The molecule has 5 nitrogen and oxygen atoms in total. The second-order valence-corrected chi connectivity index (χ2v) is 4.26. The van der Waals surface area contributed by atoms with E-state index in [1.54, 1.807) is 0 Å². The maximum Gasteiger partial charge on any atom is 0.321 e. The van der Waals surface area contributed by atoms with Gasteiger partial charge < -0.3 is 9.47 Å². The third-order valence-electron chi connectivity index (χ3n) is 1.63. The zero-order valence-corrected chi connectivity index (χ0v) is 9.01. The van der Waals surface area contributed by atoms with Crippen molar-refractivity contribution in [3.63, 3.8) is 0 Å². The van der Waals surface area contributed by atoms with Gasteiger partial charge >= 0.3 is 6.01 Å². The summed E-state index contributed by atoms with van der Waals surface area (Å²) in [6.45, 7) is 1.46. The van der Waals surface area contributed by atoms with Gasteiger partial charge in [0.2, 0.25) is 5.28 Å². The lowest BCUT2D eigenvalue weighted by molar-refractivity contribution is 0.0454. The Kier molecular flexibility index (Phi) is 3.05. The third-order valence-corrected chi connectivity index (χ3v) is 2.80. The molecule has 0 N–H and O–H groups in total. The van der Waals surface area contributed by atoms with Crippen LogP contribution >= 0.6 is 23.4 Å². The summed E-state index contributed by atoms with van der Waals surface area (Å²) in [5.41, 5.74) is 0. The van der Waals surface area contributed by atoms with Gasteiger partial charge in [0.05, 0.1) is 25.6 Å². The number of ether oxygens (including phenoxy) is 2. The minimum Gasteiger partial charge on any atom is -0.467 e. The molecule has 1 saturated heterocycles. The van der Waals surface area contributed by atoms with E-state index in [0.717, 1.165) is 13.2 Å². The van der Waals surface area contributed by atoms with Crippen molar-refractivity contribution in [1.82, 2.24) is 15.0 Å². The second-order valence-electron chi connectivity index (χ2n) is 2.65. The van der Waals surface area contributed by atoms with Crippen LogP contribution in [0.2, 0.25) is 5.28 Å². The summed E-state index contributed by atoms with van der Waals surface area (Å²) >= 11 is 7.21.